The van der Waals surface area contributed by atoms with Crippen molar-refractivity contribution in [3.63, 3.8) is 0 Å². The molecule has 2 fully saturated rings. The van der Waals surface area contributed by atoms with Crippen molar-refractivity contribution in [2.24, 2.45) is 32.3 Å². The number of fused-ring (bicyclic) bond motifs is 6. The Morgan fingerprint density at radius 3 is 1.63 bits per heavy atom. The van der Waals surface area contributed by atoms with Crippen LogP contribution in [0.4, 0.5) is 4.39 Å². The van der Waals surface area contributed by atoms with E-state index in [-0.39, 0.29) is 46.9 Å². The van der Waals surface area contributed by atoms with Gasteiger partial charge in [0.05, 0.1) is 25.0 Å². The first-order chi connectivity index (χ1) is 27.2. The second-order valence-corrected chi connectivity index (χ2v) is 18.4. The molecule has 3 aromatic rings. The molecule has 3 aromatic carbocycles. The van der Waals surface area contributed by atoms with Gasteiger partial charge in [-0.1, -0.05) is 45.7 Å². The maximum Gasteiger partial charge on any atom is 0.231 e. The van der Waals surface area contributed by atoms with Crippen LogP contribution in [0.25, 0.3) is 11.1 Å². The first-order valence-electron chi connectivity index (χ1n) is 19.9. The Labute approximate surface area is 347 Å². The molecule has 0 radical (unpaired) electrons. The van der Waals surface area contributed by atoms with E-state index in [9.17, 15) is 14.0 Å². The number of ether oxygens (including phenoxy) is 2. The average molecular weight is 862 g/mol. The van der Waals surface area contributed by atoms with Crippen LogP contribution in [0.15, 0.2) is 69.1 Å². The number of guanidine groups is 2. The number of hydrogen-bond donors (Lipinski definition) is 2. The molecule has 9 rings (SSSR count). The molecule has 2 heterocycles. The fourth-order valence-corrected chi connectivity index (χ4v) is 11.7. The van der Waals surface area contributed by atoms with Gasteiger partial charge in [0.1, 0.15) is 16.9 Å². The van der Waals surface area contributed by atoms with Crippen LogP contribution in [0.2, 0.25) is 5.02 Å². The van der Waals surface area contributed by atoms with Gasteiger partial charge in [0.25, 0.3) is 0 Å². The fraction of sp³-hybridized carbons (Fsp3) is 0.500. The van der Waals surface area contributed by atoms with E-state index in [4.69, 9.17) is 42.5 Å². The second-order valence-electron chi connectivity index (χ2n) is 17.0. The SMILES string of the molecule is COC1CCC2(CC1)Cc1ccc(-c3cc(F)cc(Cl)c3)cc1C21CC(=O)N(C)C(N)=N1.COC1CCC2(CC1)Cc1ccc(Br)cc1C21CC(=O)N(C)C(N)=N1. The molecule has 57 heavy (non-hydrogen) atoms. The lowest BCUT2D eigenvalue weighted by molar-refractivity contribution is -0.132. The topological polar surface area (TPSA) is 136 Å². The summed E-state index contributed by atoms with van der Waals surface area (Å²) in [6, 6.07) is 17.1. The molecule has 13 heteroatoms. The highest BCUT2D eigenvalue weighted by Crippen LogP contribution is 2.64. The standard InChI is InChI=1S/C25H27ClFN3O2.C19H24BrN3O2/c1-30-22(31)14-25(29-23(30)28)21-11-15(17-9-18(26)12-19(27)10-17)3-4-16(21)13-24(25)7-5-20(32-2)6-8-24;1-23-16(24)11-19(22-17(23)21)15-9-13(20)4-3-12(15)10-18(19)7-5-14(25-2)6-8-18/h3-4,9-12,20H,5-8,13-14H2,1-2H3,(H2,28,29);3-4,9,14H,5-8,10-11H2,1-2H3,(H2,21,22). The van der Waals surface area contributed by atoms with Crippen molar-refractivity contribution >= 4 is 51.3 Å². The van der Waals surface area contributed by atoms with Crippen LogP contribution in [0, 0.1) is 16.6 Å². The van der Waals surface area contributed by atoms with E-state index in [2.05, 4.69) is 46.3 Å². The average Bonchev–Trinajstić information content (AvgIpc) is 3.57. The highest BCUT2D eigenvalue weighted by atomic mass is 79.9. The Bertz CT molecular complexity index is 2160. The summed E-state index contributed by atoms with van der Waals surface area (Å²) in [6.45, 7) is 0. The number of carbonyl (C=O) groups excluding carboxylic acids is 2. The largest absolute Gasteiger partial charge is 0.381 e. The van der Waals surface area contributed by atoms with Crippen molar-refractivity contribution < 1.29 is 23.5 Å². The zero-order valence-corrected chi connectivity index (χ0v) is 35.4. The van der Waals surface area contributed by atoms with Crippen molar-refractivity contribution in [1.29, 1.82) is 0 Å². The third kappa shape index (κ3) is 6.49. The van der Waals surface area contributed by atoms with E-state index in [1.807, 2.05) is 6.07 Å². The summed E-state index contributed by atoms with van der Waals surface area (Å²) >= 11 is 9.71. The van der Waals surface area contributed by atoms with Gasteiger partial charge in [0.15, 0.2) is 11.9 Å². The summed E-state index contributed by atoms with van der Waals surface area (Å²) in [6.07, 6.45) is 10.7. The summed E-state index contributed by atoms with van der Waals surface area (Å²) in [5.74, 6) is 0.221. The Hall–Kier alpha value is -3.84. The quantitative estimate of drug-likeness (QED) is 0.279. The number of carbonyl (C=O) groups is 2. The van der Waals surface area contributed by atoms with Gasteiger partial charge in [0.2, 0.25) is 11.8 Å². The molecule has 2 atom stereocenters. The number of hydrogen-bond acceptors (Lipinski definition) is 8. The molecule has 2 saturated carbocycles. The van der Waals surface area contributed by atoms with Crippen LogP contribution in [0.3, 0.4) is 0 Å². The van der Waals surface area contributed by atoms with Crippen molar-refractivity contribution in [1.82, 2.24) is 9.80 Å². The minimum Gasteiger partial charge on any atom is -0.381 e. The number of benzene rings is 3. The Balaban J connectivity index is 0.000000165. The molecule has 302 valence electrons. The zero-order chi connectivity index (χ0) is 40.5. The molecule has 2 unspecified atom stereocenters. The predicted molar refractivity (Wildman–Crippen MR) is 223 cm³/mol. The van der Waals surface area contributed by atoms with Crippen LogP contribution >= 0.6 is 27.5 Å². The lowest BCUT2D eigenvalue weighted by Crippen LogP contribution is -2.54. The maximum atomic E-state index is 14.1. The molecule has 4 spiro atoms. The van der Waals surface area contributed by atoms with Gasteiger partial charge < -0.3 is 20.9 Å². The zero-order valence-electron chi connectivity index (χ0n) is 33.0. The monoisotopic (exact) mass is 860 g/mol. The third-order valence-electron chi connectivity index (χ3n) is 14.4. The molecule has 6 aliphatic rings. The van der Waals surface area contributed by atoms with Gasteiger partial charge in [-0.3, -0.25) is 19.4 Å². The van der Waals surface area contributed by atoms with E-state index in [0.29, 0.717) is 29.1 Å². The van der Waals surface area contributed by atoms with Crippen LogP contribution in [-0.2, 0) is 43.0 Å². The minimum atomic E-state index is -0.720. The van der Waals surface area contributed by atoms with E-state index in [0.717, 1.165) is 79.8 Å². The summed E-state index contributed by atoms with van der Waals surface area (Å²) in [5, 5.41) is 0.348. The molecule has 0 bridgehead atoms. The number of rotatable bonds is 3. The lowest BCUT2D eigenvalue weighted by Gasteiger charge is -2.49. The van der Waals surface area contributed by atoms with Gasteiger partial charge in [0, 0.05) is 48.6 Å². The predicted octanol–water partition coefficient (Wildman–Crippen LogP) is 7.60. The van der Waals surface area contributed by atoms with Crippen LogP contribution in [-0.4, -0.2) is 74.1 Å². The molecule has 10 nitrogen and oxygen atoms in total. The molecule has 2 amide bonds. The normalized spacial score (nSPS) is 31.7. The summed E-state index contributed by atoms with van der Waals surface area (Å²) in [4.78, 5) is 38.7. The molecular formula is C44H51BrClFN6O4. The van der Waals surface area contributed by atoms with E-state index >= 15 is 0 Å². The van der Waals surface area contributed by atoms with Crippen LogP contribution in [0.5, 0.6) is 0 Å². The number of methoxy groups -OCH3 is 2. The van der Waals surface area contributed by atoms with E-state index in [1.165, 1.54) is 38.6 Å². The first-order valence-corrected chi connectivity index (χ1v) is 21.0. The summed E-state index contributed by atoms with van der Waals surface area (Å²) < 4.78 is 26.3. The Kier molecular flexibility index (Phi) is 10.4. The number of amides is 2. The van der Waals surface area contributed by atoms with Gasteiger partial charge >= 0.3 is 0 Å². The Morgan fingerprint density at radius 2 is 1.18 bits per heavy atom. The van der Waals surface area contributed by atoms with Crippen molar-refractivity contribution in [2.45, 2.75) is 100 Å². The van der Waals surface area contributed by atoms with Crippen molar-refractivity contribution in [3.05, 3.63) is 92.2 Å². The van der Waals surface area contributed by atoms with Gasteiger partial charge in [-0.25, -0.2) is 14.4 Å². The molecular weight excluding hydrogens is 811 g/mol. The number of nitrogens with two attached hydrogens (primary N) is 2. The van der Waals surface area contributed by atoms with Crippen LogP contribution in [0.1, 0.15) is 86.5 Å². The number of halogens is 3. The van der Waals surface area contributed by atoms with Crippen LogP contribution < -0.4 is 11.5 Å². The van der Waals surface area contributed by atoms with Crippen molar-refractivity contribution in [2.75, 3.05) is 28.3 Å². The minimum absolute atomic E-state index is 0.0298. The molecule has 2 aliphatic heterocycles. The lowest BCUT2D eigenvalue weighted by atomic mass is 9.60. The number of aliphatic imine (C=N–C) groups is 2. The van der Waals surface area contributed by atoms with E-state index in [1.54, 1.807) is 34.4 Å². The van der Waals surface area contributed by atoms with Gasteiger partial charge in [-0.05, 0) is 134 Å². The van der Waals surface area contributed by atoms with Gasteiger partial charge in [-0.15, -0.1) is 0 Å². The van der Waals surface area contributed by atoms with Crippen molar-refractivity contribution in [3.8, 4) is 11.1 Å². The molecule has 4 N–H and O–H groups in total. The highest BCUT2D eigenvalue weighted by Gasteiger charge is 2.62. The fourth-order valence-electron chi connectivity index (χ4n) is 11.1. The Morgan fingerprint density at radius 1 is 0.702 bits per heavy atom. The number of nitrogens with zero attached hydrogens (tertiary/aromatic N) is 4. The summed E-state index contributed by atoms with van der Waals surface area (Å²) in [7, 11) is 6.92. The molecule has 4 aliphatic carbocycles. The van der Waals surface area contributed by atoms with Gasteiger partial charge in [-0.2, -0.15) is 0 Å². The first kappa shape index (κ1) is 40.0. The van der Waals surface area contributed by atoms with E-state index < -0.39 is 11.1 Å². The highest BCUT2D eigenvalue weighted by molar-refractivity contribution is 9.10. The second kappa shape index (κ2) is 14.8. The molecule has 0 aromatic heterocycles. The molecule has 0 saturated heterocycles. The smallest absolute Gasteiger partial charge is 0.231 e. The maximum absolute atomic E-state index is 14.1. The summed E-state index contributed by atoms with van der Waals surface area (Å²) in [5.41, 5.74) is 17.2. The third-order valence-corrected chi connectivity index (χ3v) is 15.1.